The third kappa shape index (κ3) is 4.82. The highest BCUT2D eigenvalue weighted by molar-refractivity contribution is 6.38. The predicted molar refractivity (Wildman–Crippen MR) is 141 cm³/mol. The second-order valence-electron chi connectivity index (χ2n) is 9.71. The molecule has 2 aliphatic carbocycles. The Kier molecular flexibility index (Phi) is 6.46. The van der Waals surface area contributed by atoms with Crippen LogP contribution in [0.25, 0.3) is 11.3 Å². The molecule has 0 spiro atoms. The SMILES string of the molecule is O=C(O)c1cccc(C2CC2c2ccc(OCc3c(-c4c(Cl)c[n+](O)cc4Cl)noc3C3CC3)cc2Cl)c1. The summed E-state index contributed by atoms with van der Waals surface area (Å²) in [5.74, 6) is 1.14. The van der Waals surface area contributed by atoms with E-state index in [1.807, 2.05) is 18.2 Å². The monoisotopic (exact) mass is 571 g/mol. The zero-order valence-corrected chi connectivity index (χ0v) is 22.2. The van der Waals surface area contributed by atoms with Gasteiger partial charge in [0.2, 0.25) is 12.4 Å². The van der Waals surface area contributed by atoms with Gasteiger partial charge in [0.1, 0.15) is 33.9 Å². The number of pyridine rings is 1. The van der Waals surface area contributed by atoms with Gasteiger partial charge in [0.05, 0.1) is 16.7 Å². The Bertz CT molecular complexity index is 1540. The van der Waals surface area contributed by atoms with Crippen molar-refractivity contribution < 1.29 is 29.1 Å². The minimum absolute atomic E-state index is 0.176. The van der Waals surface area contributed by atoms with E-state index in [4.69, 9.17) is 44.1 Å². The summed E-state index contributed by atoms with van der Waals surface area (Å²) in [5.41, 5.74) is 4.00. The first kappa shape index (κ1) is 25.0. The van der Waals surface area contributed by atoms with E-state index in [0.717, 1.165) is 46.4 Å². The topological polar surface area (TPSA) is 96.7 Å². The van der Waals surface area contributed by atoms with Crippen molar-refractivity contribution in [3.63, 3.8) is 0 Å². The van der Waals surface area contributed by atoms with Crippen molar-refractivity contribution in [2.75, 3.05) is 0 Å². The Morgan fingerprint density at radius 3 is 2.50 bits per heavy atom. The van der Waals surface area contributed by atoms with Crippen molar-refractivity contribution in [2.45, 2.75) is 43.6 Å². The van der Waals surface area contributed by atoms with E-state index in [2.05, 4.69) is 5.16 Å². The molecule has 194 valence electrons. The Hall–Kier alpha value is -3.26. The zero-order valence-electron chi connectivity index (χ0n) is 19.9. The van der Waals surface area contributed by atoms with E-state index >= 15 is 0 Å². The first-order valence-electron chi connectivity index (χ1n) is 12.1. The molecule has 0 radical (unpaired) electrons. The average Bonchev–Trinajstić information content (AvgIpc) is 3.81. The summed E-state index contributed by atoms with van der Waals surface area (Å²) in [6.07, 6.45) is 5.59. The van der Waals surface area contributed by atoms with Crippen LogP contribution in [0, 0.1) is 0 Å². The van der Waals surface area contributed by atoms with Gasteiger partial charge in [0.25, 0.3) is 0 Å². The van der Waals surface area contributed by atoms with Crippen molar-refractivity contribution >= 4 is 40.8 Å². The van der Waals surface area contributed by atoms with Gasteiger partial charge in [-0.15, -0.1) is 0 Å². The van der Waals surface area contributed by atoms with Crippen LogP contribution in [-0.4, -0.2) is 21.4 Å². The van der Waals surface area contributed by atoms with Gasteiger partial charge in [-0.3, -0.25) is 5.21 Å². The molecule has 2 heterocycles. The van der Waals surface area contributed by atoms with Crippen LogP contribution in [0.5, 0.6) is 5.75 Å². The van der Waals surface area contributed by atoms with Crippen LogP contribution < -0.4 is 9.47 Å². The highest BCUT2D eigenvalue weighted by Gasteiger charge is 2.41. The number of carbonyl (C=O) groups is 1. The molecule has 4 aromatic rings. The van der Waals surface area contributed by atoms with Crippen LogP contribution in [0.15, 0.2) is 59.4 Å². The van der Waals surface area contributed by atoms with Gasteiger partial charge in [-0.25, -0.2) is 4.79 Å². The van der Waals surface area contributed by atoms with E-state index in [1.165, 1.54) is 12.4 Å². The molecule has 7 nitrogen and oxygen atoms in total. The van der Waals surface area contributed by atoms with E-state index in [0.29, 0.717) is 22.0 Å². The number of ether oxygens (including phenoxy) is 1. The molecule has 2 fully saturated rings. The predicted octanol–water partition coefficient (Wildman–Crippen LogP) is 7.25. The fourth-order valence-electron chi connectivity index (χ4n) is 4.93. The lowest BCUT2D eigenvalue weighted by Crippen LogP contribution is -2.28. The van der Waals surface area contributed by atoms with Crippen LogP contribution in [-0.2, 0) is 6.61 Å². The van der Waals surface area contributed by atoms with Gasteiger partial charge < -0.3 is 14.4 Å². The molecule has 10 heteroatoms. The van der Waals surface area contributed by atoms with Crippen molar-refractivity contribution in [3.05, 3.63) is 97.9 Å². The lowest BCUT2D eigenvalue weighted by molar-refractivity contribution is -0.904. The first-order valence-corrected chi connectivity index (χ1v) is 13.3. The van der Waals surface area contributed by atoms with Crippen LogP contribution >= 0.6 is 34.8 Å². The summed E-state index contributed by atoms with van der Waals surface area (Å²) in [7, 11) is 0. The Morgan fingerprint density at radius 1 is 1.05 bits per heavy atom. The molecule has 2 N–H and O–H groups in total. The smallest absolute Gasteiger partial charge is 0.335 e. The second-order valence-corrected chi connectivity index (χ2v) is 10.9. The molecule has 0 bridgehead atoms. The van der Waals surface area contributed by atoms with Gasteiger partial charge in [-0.2, -0.15) is 0 Å². The fourth-order valence-corrected chi connectivity index (χ4v) is 5.87. The molecule has 0 saturated heterocycles. The summed E-state index contributed by atoms with van der Waals surface area (Å²) in [4.78, 5) is 11.3. The second kappa shape index (κ2) is 9.80. The summed E-state index contributed by atoms with van der Waals surface area (Å²) in [5, 5.41) is 24.3. The fraction of sp³-hybridized carbons (Fsp3) is 0.250. The van der Waals surface area contributed by atoms with Gasteiger partial charge >= 0.3 is 5.97 Å². The van der Waals surface area contributed by atoms with E-state index in [-0.39, 0.29) is 40.0 Å². The lowest BCUT2D eigenvalue weighted by Gasteiger charge is -2.11. The van der Waals surface area contributed by atoms with Gasteiger partial charge in [-0.05, 0) is 66.5 Å². The van der Waals surface area contributed by atoms with Gasteiger partial charge in [0.15, 0.2) is 0 Å². The van der Waals surface area contributed by atoms with E-state index < -0.39 is 5.97 Å². The number of halogens is 3. The van der Waals surface area contributed by atoms with Gasteiger partial charge in [0, 0.05) is 15.7 Å². The highest BCUT2D eigenvalue weighted by Crippen LogP contribution is 2.56. The number of benzene rings is 2. The van der Waals surface area contributed by atoms with Crippen molar-refractivity contribution in [2.24, 2.45) is 0 Å². The van der Waals surface area contributed by atoms with E-state index in [1.54, 1.807) is 24.3 Å². The molecule has 0 aliphatic heterocycles. The molecule has 2 aromatic carbocycles. The molecule has 2 atom stereocenters. The van der Waals surface area contributed by atoms with Crippen molar-refractivity contribution in [3.8, 4) is 17.0 Å². The van der Waals surface area contributed by atoms with Crippen LogP contribution in [0.4, 0.5) is 0 Å². The number of carboxylic acid groups (broad SMARTS) is 1. The van der Waals surface area contributed by atoms with E-state index in [9.17, 15) is 15.1 Å². The Labute approximate surface area is 233 Å². The number of hydrogen-bond donors (Lipinski definition) is 2. The maximum atomic E-state index is 11.3. The van der Waals surface area contributed by atoms with Crippen molar-refractivity contribution in [1.82, 2.24) is 5.16 Å². The minimum atomic E-state index is -0.932. The van der Waals surface area contributed by atoms with Gasteiger partial charge in [-0.1, -0.05) is 58.2 Å². The largest absolute Gasteiger partial charge is 0.489 e. The third-order valence-electron chi connectivity index (χ3n) is 7.08. The zero-order chi connectivity index (χ0) is 26.6. The van der Waals surface area contributed by atoms with Crippen LogP contribution in [0.2, 0.25) is 15.1 Å². The molecule has 2 aromatic heterocycles. The van der Waals surface area contributed by atoms with Crippen LogP contribution in [0.3, 0.4) is 0 Å². The number of aromatic carboxylic acids is 1. The maximum absolute atomic E-state index is 11.3. The number of rotatable bonds is 8. The lowest BCUT2D eigenvalue weighted by atomic mass is 10.0. The average molecular weight is 573 g/mol. The summed E-state index contributed by atoms with van der Waals surface area (Å²) < 4.78 is 12.6. The molecule has 2 saturated carbocycles. The molecule has 38 heavy (non-hydrogen) atoms. The summed E-state index contributed by atoms with van der Waals surface area (Å²) in [6.45, 7) is 0.176. The first-order chi connectivity index (χ1) is 18.3. The standard InChI is InChI=1S/C28H21Cl3N2O5/c29-22-9-17(6-7-18(22)20-10-19(20)15-2-1-3-16(8-15)28(34)35)37-13-21-26(32-38-27(21)14-4-5-14)25-23(30)11-33(36)12-24(25)31/h1-3,6-9,11-12,14,19-20H,4-5,10,13H2,(H-,32,34,35,36)/p+1. The number of hydrogen-bond acceptors (Lipinski definition) is 5. The normalized spacial score (nSPS) is 18.4. The molecular formula is C28H22Cl3N2O5+. The summed E-state index contributed by atoms with van der Waals surface area (Å²) >= 11 is 19.4. The molecule has 0 amide bonds. The Morgan fingerprint density at radius 2 is 1.82 bits per heavy atom. The molecule has 6 rings (SSSR count). The minimum Gasteiger partial charge on any atom is -0.489 e. The quantitative estimate of drug-likeness (QED) is 0.170. The summed E-state index contributed by atoms with van der Waals surface area (Å²) in [6, 6.07) is 12.7. The van der Waals surface area contributed by atoms with Crippen LogP contribution in [0.1, 0.15) is 69.8 Å². The highest BCUT2D eigenvalue weighted by atomic mass is 35.5. The molecular weight excluding hydrogens is 551 g/mol. The number of carboxylic acids is 1. The Balaban J connectivity index is 1.21. The van der Waals surface area contributed by atoms with Crippen molar-refractivity contribution in [1.29, 1.82) is 0 Å². The third-order valence-corrected chi connectivity index (χ3v) is 7.98. The number of nitrogens with zero attached hydrogens (tertiary/aromatic N) is 2. The number of aromatic nitrogens is 2. The molecule has 2 aliphatic rings. The molecule has 2 unspecified atom stereocenters. The maximum Gasteiger partial charge on any atom is 0.335 e.